The van der Waals surface area contributed by atoms with Crippen LogP contribution >= 0.6 is 11.3 Å². The summed E-state index contributed by atoms with van der Waals surface area (Å²) >= 11 is 1.69. The van der Waals surface area contributed by atoms with Crippen molar-refractivity contribution in [3.8, 4) is 0 Å². The van der Waals surface area contributed by atoms with Crippen LogP contribution in [0, 0.1) is 6.92 Å². The minimum absolute atomic E-state index is 0.769. The predicted octanol–water partition coefficient (Wildman–Crippen LogP) is 2.38. The number of aliphatic imine (C=N–C) groups is 1. The van der Waals surface area contributed by atoms with Gasteiger partial charge in [-0.15, -0.1) is 11.3 Å². The van der Waals surface area contributed by atoms with E-state index in [4.69, 9.17) is 0 Å². The summed E-state index contributed by atoms with van der Waals surface area (Å²) in [5, 5.41) is 6.79. The Morgan fingerprint density at radius 3 is 3.00 bits per heavy atom. The lowest BCUT2D eigenvalue weighted by atomic mass is 10.0. The van der Waals surface area contributed by atoms with E-state index in [0.29, 0.717) is 0 Å². The van der Waals surface area contributed by atoms with Gasteiger partial charge in [0.1, 0.15) is 0 Å². The smallest absolute Gasteiger partial charge is 0.191 e. The minimum Gasteiger partial charge on any atom is -0.355 e. The van der Waals surface area contributed by atoms with Crippen molar-refractivity contribution < 1.29 is 0 Å². The SMILES string of the molecule is CCC1CCCCN1CCNC(=NC)NCc1scnc1C. The van der Waals surface area contributed by atoms with E-state index in [2.05, 4.69) is 32.4 Å². The summed E-state index contributed by atoms with van der Waals surface area (Å²) in [6.45, 7) is 8.42. The summed E-state index contributed by atoms with van der Waals surface area (Å²) in [6, 6.07) is 0.769. The van der Waals surface area contributed by atoms with Crippen molar-refractivity contribution in [3.05, 3.63) is 16.1 Å². The molecular weight excluding hydrogens is 294 g/mol. The first-order chi connectivity index (χ1) is 10.7. The lowest BCUT2D eigenvalue weighted by Gasteiger charge is -2.35. The van der Waals surface area contributed by atoms with Crippen LogP contribution in [0.25, 0.3) is 0 Å². The number of nitrogens with zero attached hydrogens (tertiary/aromatic N) is 3. The number of thiazole rings is 1. The molecular formula is C16H29N5S. The highest BCUT2D eigenvalue weighted by atomic mass is 32.1. The van der Waals surface area contributed by atoms with Gasteiger partial charge in [-0.2, -0.15) is 0 Å². The molecule has 5 nitrogen and oxygen atoms in total. The van der Waals surface area contributed by atoms with Crippen LogP contribution in [0.4, 0.5) is 0 Å². The summed E-state index contributed by atoms with van der Waals surface area (Å²) in [5.74, 6) is 0.873. The van der Waals surface area contributed by atoms with Crippen molar-refractivity contribution >= 4 is 17.3 Å². The number of rotatable bonds is 6. The Bertz CT molecular complexity index is 471. The molecule has 6 heteroatoms. The highest BCUT2D eigenvalue weighted by Crippen LogP contribution is 2.18. The quantitative estimate of drug-likeness (QED) is 0.623. The second kappa shape index (κ2) is 9.10. The van der Waals surface area contributed by atoms with E-state index in [1.54, 1.807) is 11.3 Å². The van der Waals surface area contributed by atoms with E-state index in [1.807, 2.05) is 19.5 Å². The van der Waals surface area contributed by atoms with E-state index >= 15 is 0 Å². The molecule has 1 aromatic heterocycles. The van der Waals surface area contributed by atoms with Crippen molar-refractivity contribution in [2.75, 3.05) is 26.7 Å². The Hall–Kier alpha value is -1.14. The van der Waals surface area contributed by atoms with Crippen molar-refractivity contribution in [2.24, 2.45) is 4.99 Å². The molecule has 22 heavy (non-hydrogen) atoms. The Balaban J connectivity index is 1.71. The molecule has 0 saturated carbocycles. The minimum atomic E-state index is 0.769. The normalized spacial score (nSPS) is 20.1. The molecule has 0 spiro atoms. The van der Waals surface area contributed by atoms with Crippen LogP contribution in [0.3, 0.4) is 0 Å². The van der Waals surface area contributed by atoms with Crippen molar-refractivity contribution in [1.82, 2.24) is 20.5 Å². The molecule has 1 aliphatic rings. The van der Waals surface area contributed by atoms with Gasteiger partial charge in [-0.1, -0.05) is 13.3 Å². The van der Waals surface area contributed by atoms with E-state index in [9.17, 15) is 0 Å². The Kier molecular flexibility index (Phi) is 7.12. The largest absolute Gasteiger partial charge is 0.355 e. The highest BCUT2D eigenvalue weighted by molar-refractivity contribution is 7.09. The molecule has 1 aromatic rings. The van der Waals surface area contributed by atoms with Crippen LogP contribution in [0.15, 0.2) is 10.5 Å². The fourth-order valence-corrected chi connectivity index (χ4v) is 3.73. The van der Waals surface area contributed by atoms with Gasteiger partial charge in [0, 0.05) is 31.1 Å². The van der Waals surface area contributed by atoms with Gasteiger partial charge < -0.3 is 10.6 Å². The van der Waals surface area contributed by atoms with E-state index in [1.165, 1.54) is 37.1 Å². The fourth-order valence-electron chi connectivity index (χ4n) is 3.02. The van der Waals surface area contributed by atoms with E-state index in [-0.39, 0.29) is 0 Å². The molecule has 1 unspecified atom stereocenters. The number of aromatic nitrogens is 1. The van der Waals surface area contributed by atoms with Gasteiger partial charge in [0.15, 0.2) is 5.96 Å². The molecule has 2 heterocycles. The van der Waals surface area contributed by atoms with Crippen molar-refractivity contribution in [3.63, 3.8) is 0 Å². The fraction of sp³-hybridized carbons (Fsp3) is 0.750. The molecule has 2 N–H and O–H groups in total. The van der Waals surface area contributed by atoms with Gasteiger partial charge in [-0.05, 0) is 32.7 Å². The van der Waals surface area contributed by atoms with Crippen LogP contribution in [0.2, 0.25) is 0 Å². The summed E-state index contributed by atoms with van der Waals surface area (Å²) < 4.78 is 0. The first-order valence-electron chi connectivity index (χ1n) is 8.32. The molecule has 1 aliphatic heterocycles. The van der Waals surface area contributed by atoms with E-state index < -0.39 is 0 Å². The standard InChI is InChI=1S/C16H29N5S/c1-4-14-7-5-6-9-21(14)10-8-18-16(17-3)19-11-15-13(2)20-12-22-15/h12,14H,4-11H2,1-3H3,(H2,17,18,19). The van der Waals surface area contributed by atoms with Crippen molar-refractivity contribution in [2.45, 2.75) is 52.1 Å². The summed E-state index contributed by atoms with van der Waals surface area (Å²) in [6.07, 6.45) is 5.35. The third-order valence-electron chi connectivity index (χ3n) is 4.40. The zero-order valence-electron chi connectivity index (χ0n) is 14.1. The van der Waals surface area contributed by atoms with Crippen LogP contribution in [-0.4, -0.2) is 48.6 Å². The van der Waals surface area contributed by atoms with Gasteiger partial charge in [0.05, 0.1) is 17.7 Å². The molecule has 0 aromatic carbocycles. The second-order valence-electron chi connectivity index (χ2n) is 5.81. The van der Waals surface area contributed by atoms with Gasteiger partial charge in [-0.3, -0.25) is 9.89 Å². The van der Waals surface area contributed by atoms with Crippen LogP contribution in [0.5, 0.6) is 0 Å². The number of hydrogen-bond acceptors (Lipinski definition) is 4. The van der Waals surface area contributed by atoms with Crippen LogP contribution < -0.4 is 10.6 Å². The molecule has 0 bridgehead atoms. The van der Waals surface area contributed by atoms with Gasteiger partial charge in [0.25, 0.3) is 0 Å². The maximum absolute atomic E-state index is 4.30. The topological polar surface area (TPSA) is 52.5 Å². The van der Waals surface area contributed by atoms with Gasteiger partial charge in [0.2, 0.25) is 0 Å². The molecule has 1 atom stereocenters. The molecule has 1 saturated heterocycles. The number of nitrogens with one attached hydrogen (secondary N) is 2. The van der Waals surface area contributed by atoms with Crippen LogP contribution in [-0.2, 0) is 6.54 Å². The van der Waals surface area contributed by atoms with E-state index in [0.717, 1.165) is 37.3 Å². The Labute approximate surface area is 138 Å². The Morgan fingerprint density at radius 2 is 2.32 bits per heavy atom. The maximum Gasteiger partial charge on any atom is 0.191 e. The number of hydrogen-bond donors (Lipinski definition) is 2. The number of piperidine rings is 1. The second-order valence-corrected chi connectivity index (χ2v) is 6.75. The average Bonchev–Trinajstić information content (AvgIpc) is 2.96. The monoisotopic (exact) mass is 323 g/mol. The molecule has 0 radical (unpaired) electrons. The summed E-state index contributed by atoms with van der Waals surface area (Å²) in [7, 11) is 1.82. The average molecular weight is 324 g/mol. The molecule has 0 aliphatic carbocycles. The number of likely N-dealkylation sites (tertiary alicyclic amines) is 1. The van der Waals surface area contributed by atoms with Gasteiger partial charge >= 0.3 is 0 Å². The molecule has 124 valence electrons. The first-order valence-corrected chi connectivity index (χ1v) is 9.20. The zero-order valence-corrected chi connectivity index (χ0v) is 14.9. The van der Waals surface area contributed by atoms with Gasteiger partial charge in [-0.25, -0.2) is 4.98 Å². The summed E-state index contributed by atoms with van der Waals surface area (Å²) in [4.78, 5) is 12.5. The summed E-state index contributed by atoms with van der Waals surface area (Å²) in [5.41, 5.74) is 3.00. The van der Waals surface area contributed by atoms with Crippen molar-refractivity contribution in [1.29, 1.82) is 0 Å². The number of guanidine groups is 1. The third kappa shape index (κ3) is 4.95. The predicted molar refractivity (Wildman–Crippen MR) is 94.6 cm³/mol. The maximum atomic E-state index is 4.30. The molecule has 0 amide bonds. The Morgan fingerprint density at radius 1 is 1.45 bits per heavy atom. The lowest BCUT2D eigenvalue weighted by Crippen LogP contribution is -2.45. The highest BCUT2D eigenvalue weighted by Gasteiger charge is 2.19. The zero-order chi connectivity index (χ0) is 15.8. The number of aryl methyl sites for hydroxylation is 1. The third-order valence-corrected chi connectivity index (χ3v) is 5.33. The lowest BCUT2D eigenvalue weighted by molar-refractivity contribution is 0.147. The first kappa shape index (κ1) is 17.2. The molecule has 2 rings (SSSR count). The van der Waals surface area contributed by atoms with Crippen LogP contribution in [0.1, 0.15) is 43.2 Å². The molecule has 1 fully saturated rings.